The maximum Gasteiger partial charge on any atom is 0.149 e. The smallest absolute Gasteiger partial charge is 0.149 e. The number of hydrogen-bond donors (Lipinski definition) is 0. The summed E-state index contributed by atoms with van der Waals surface area (Å²) in [7, 11) is 0. The Morgan fingerprint density at radius 1 is 1.11 bits per heavy atom. The second kappa shape index (κ2) is 10.3. The summed E-state index contributed by atoms with van der Waals surface area (Å²) in [5, 5.41) is 0. The van der Waals surface area contributed by atoms with Crippen LogP contribution in [0.25, 0.3) is 11.1 Å². The first kappa shape index (κ1) is 25.2. The maximum atomic E-state index is 14.8. The monoisotopic (exact) mass is 512 g/mol. The fourth-order valence-corrected chi connectivity index (χ4v) is 6.24. The molecule has 2 aromatic carbocycles. The van der Waals surface area contributed by atoms with E-state index in [9.17, 15) is 9.18 Å². The SMILES string of the molecule is CC(=O)[C@@H](C)[C@H](c1ccc2c(c1)OC(c1ccc(-c3cc(C)ncc3F)c(CN3CCC3)c1)CC2)C1CC1. The molecule has 0 radical (unpaired) electrons. The first-order chi connectivity index (χ1) is 18.4. The number of halogens is 1. The molecule has 1 unspecified atom stereocenters. The molecule has 0 bridgehead atoms. The average molecular weight is 513 g/mol. The van der Waals surface area contributed by atoms with Crippen LogP contribution in [-0.2, 0) is 17.8 Å². The summed E-state index contributed by atoms with van der Waals surface area (Å²) < 4.78 is 21.5. The summed E-state index contributed by atoms with van der Waals surface area (Å²) >= 11 is 0. The highest BCUT2D eigenvalue weighted by atomic mass is 19.1. The summed E-state index contributed by atoms with van der Waals surface area (Å²) in [5.41, 5.74) is 7.11. The van der Waals surface area contributed by atoms with Crippen LogP contribution in [0.2, 0.25) is 0 Å². The summed E-state index contributed by atoms with van der Waals surface area (Å²) in [4.78, 5) is 18.8. The first-order valence-corrected chi connectivity index (χ1v) is 14.1. The third-order valence-electron chi connectivity index (χ3n) is 8.86. The first-order valence-electron chi connectivity index (χ1n) is 14.1. The number of ketones is 1. The summed E-state index contributed by atoms with van der Waals surface area (Å²) in [5.74, 6) is 1.81. The predicted molar refractivity (Wildman–Crippen MR) is 148 cm³/mol. The molecule has 38 heavy (non-hydrogen) atoms. The molecule has 2 aliphatic heterocycles. The van der Waals surface area contributed by atoms with Crippen molar-refractivity contribution in [2.45, 2.75) is 71.4 Å². The molecular formula is C33H37FN2O2. The number of Topliss-reactive ketones (excluding diaryl/α,β-unsaturated/α-hetero) is 1. The van der Waals surface area contributed by atoms with Crippen LogP contribution >= 0.6 is 0 Å². The minimum Gasteiger partial charge on any atom is -0.485 e. The van der Waals surface area contributed by atoms with Gasteiger partial charge in [0, 0.05) is 23.7 Å². The Morgan fingerprint density at radius 3 is 2.63 bits per heavy atom. The van der Waals surface area contributed by atoms with E-state index in [1.165, 1.54) is 36.6 Å². The molecule has 6 rings (SSSR count). The highest BCUT2D eigenvalue weighted by Crippen LogP contribution is 2.48. The Bertz CT molecular complexity index is 1360. The Hall–Kier alpha value is -3.05. The molecule has 3 aliphatic rings. The van der Waals surface area contributed by atoms with E-state index in [0.29, 0.717) is 11.5 Å². The topological polar surface area (TPSA) is 42.4 Å². The van der Waals surface area contributed by atoms with E-state index in [2.05, 4.69) is 53.2 Å². The minimum absolute atomic E-state index is 0.0220. The minimum atomic E-state index is -0.284. The van der Waals surface area contributed by atoms with Gasteiger partial charge in [-0.1, -0.05) is 37.3 Å². The van der Waals surface area contributed by atoms with Crippen molar-refractivity contribution < 1.29 is 13.9 Å². The molecule has 0 amide bonds. The van der Waals surface area contributed by atoms with E-state index < -0.39 is 0 Å². The van der Waals surface area contributed by atoms with E-state index in [1.54, 1.807) is 6.92 Å². The Morgan fingerprint density at radius 2 is 1.92 bits per heavy atom. The number of carbonyl (C=O) groups is 1. The number of likely N-dealkylation sites (tertiary alicyclic amines) is 1. The Labute approximate surface area is 225 Å². The number of carbonyl (C=O) groups excluding carboxylic acids is 1. The van der Waals surface area contributed by atoms with E-state index in [-0.39, 0.29) is 29.5 Å². The zero-order valence-corrected chi connectivity index (χ0v) is 22.7. The van der Waals surface area contributed by atoms with Crippen LogP contribution in [0.1, 0.15) is 79.5 Å². The number of fused-ring (bicyclic) bond motifs is 1. The van der Waals surface area contributed by atoms with Crippen LogP contribution in [0.5, 0.6) is 5.75 Å². The van der Waals surface area contributed by atoms with Gasteiger partial charge in [0.2, 0.25) is 0 Å². The van der Waals surface area contributed by atoms with Gasteiger partial charge in [-0.05, 0) is 111 Å². The van der Waals surface area contributed by atoms with E-state index in [4.69, 9.17) is 4.74 Å². The molecule has 0 spiro atoms. The van der Waals surface area contributed by atoms with Gasteiger partial charge in [-0.2, -0.15) is 0 Å². The summed E-state index contributed by atoms with van der Waals surface area (Å²) in [6.07, 6.45) is 6.76. The lowest BCUT2D eigenvalue weighted by atomic mass is 9.80. The zero-order valence-electron chi connectivity index (χ0n) is 22.7. The third-order valence-corrected chi connectivity index (χ3v) is 8.86. The van der Waals surface area contributed by atoms with Crippen LogP contribution in [0.3, 0.4) is 0 Å². The molecule has 3 atom stereocenters. The standard InChI is InChI=1S/C33H37FN2O2/c1-20-15-29(30(34)18-35-20)28-11-9-25(16-27(28)19-36-13-4-14-36)31-12-10-23-5-8-26(17-32(23)38-31)33(24-6-7-24)21(2)22(3)37/h5,8-9,11,15-18,21,24,31,33H,4,6-7,10,12-14,19H2,1-3H3/t21-,31?,33+/m1/s1. The van der Waals surface area contributed by atoms with Crippen LogP contribution < -0.4 is 4.74 Å². The molecule has 0 N–H and O–H groups in total. The molecule has 5 heteroatoms. The van der Waals surface area contributed by atoms with Gasteiger partial charge in [-0.15, -0.1) is 0 Å². The number of rotatable bonds is 8. The summed E-state index contributed by atoms with van der Waals surface area (Å²) in [6.45, 7) is 8.66. The van der Waals surface area contributed by atoms with Gasteiger partial charge < -0.3 is 4.74 Å². The van der Waals surface area contributed by atoms with Crippen molar-refractivity contribution >= 4 is 5.78 Å². The second-order valence-electron chi connectivity index (χ2n) is 11.6. The lowest BCUT2D eigenvalue weighted by molar-refractivity contribution is -0.121. The number of ether oxygens (including phenoxy) is 1. The van der Waals surface area contributed by atoms with Crippen LogP contribution in [0.15, 0.2) is 48.7 Å². The fraction of sp³-hybridized carbons (Fsp3) is 0.455. The molecule has 3 aromatic rings. The Balaban J connectivity index is 1.31. The number of aromatic nitrogens is 1. The van der Waals surface area contributed by atoms with Gasteiger partial charge in [-0.25, -0.2) is 4.39 Å². The largest absolute Gasteiger partial charge is 0.485 e. The molecule has 3 heterocycles. The highest BCUT2D eigenvalue weighted by molar-refractivity contribution is 5.79. The van der Waals surface area contributed by atoms with Crippen molar-refractivity contribution in [3.63, 3.8) is 0 Å². The molecule has 1 saturated heterocycles. The maximum absolute atomic E-state index is 14.8. The van der Waals surface area contributed by atoms with Gasteiger partial charge in [0.1, 0.15) is 23.5 Å². The zero-order chi connectivity index (χ0) is 26.4. The molecule has 2 fully saturated rings. The third kappa shape index (κ3) is 5.01. The van der Waals surface area contributed by atoms with Crippen molar-refractivity contribution in [3.05, 3.63) is 82.4 Å². The van der Waals surface area contributed by atoms with E-state index in [1.807, 2.05) is 13.0 Å². The lowest BCUT2D eigenvalue weighted by Crippen LogP contribution is -2.36. The van der Waals surface area contributed by atoms with Crippen LogP contribution in [0.4, 0.5) is 4.39 Å². The van der Waals surface area contributed by atoms with Crippen molar-refractivity contribution in [2.24, 2.45) is 11.8 Å². The van der Waals surface area contributed by atoms with Crippen LogP contribution in [0, 0.1) is 24.6 Å². The van der Waals surface area contributed by atoms with Crippen molar-refractivity contribution in [1.29, 1.82) is 0 Å². The molecule has 1 aliphatic carbocycles. The molecule has 1 saturated carbocycles. The predicted octanol–water partition coefficient (Wildman–Crippen LogP) is 7.19. The molecule has 4 nitrogen and oxygen atoms in total. The molecule has 198 valence electrons. The fourth-order valence-electron chi connectivity index (χ4n) is 6.24. The van der Waals surface area contributed by atoms with Gasteiger partial charge in [0.25, 0.3) is 0 Å². The van der Waals surface area contributed by atoms with Crippen molar-refractivity contribution in [1.82, 2.24) is 9.88 Å². The quantitative estimate of drug-likeness (QED) is 0.320. The molecular weight excluding hydrogens is 475 g/mol. The van der Waals surface area contributed by atoms with E-state index in [0.717, 1.165) is 60.6 Å². The van der Waals surface area contributed by atoms with Gasteiger partial charge in [0.15, 0.2) is 0 Å². The number of aryl methyl sites for hydroxylation is 2. The average Bonchev–Trinajstić information content (AvgIpc) is 3.72. The number of nitrogens with zero attached hydrogens (tertiary/aromatic N) is 2. The second-order valence-corrected chi connectivity index (χ2v) is 11.6. The van der Waals surface area contributed by atoms with Crippen molar-refractivity contribution in [3.8, 4) is 16.9 Å². The normalized spacial score (nSPS) is 20.7. The van der Waals surface area contributed by atoms with Gasteiger partial charge in [0.05, 0.1) is 6.20 Å². The van der Waals surface area contributed by atoms with Gasteiger partial charge in [-0.3, -0.25) is 14.7 Å². The summed E-state index contributed by atoms with van der Waals surface area (Å²) in [6, 6.07) is 14.9. The lowest BCUT2D eigenvalue weighted by Gasteiger charge is -2.32. The number of hydrogen-bond acceptors (Lipinski definition) is 4. The number of pyridine rings is 1. The van der Waals surface area contributed by atoms with E-state index >= 15 is 0 Å². The highest BCUT2D eigenvalue weighted by Gasteiger charge is 2.38. The number of benzene rings is 2. The van der Waals surface area contributed by atoms with Crippen molar-refractivity contribution in [2.75, 3.05) is 13.1 Å². The Kier molecular flexibility index (Phi) is 6.81. The van der Waals surface area contributed by atoms with Gasteiger partial charge >= 0.3 is 0 Å². The van der Waals surface area contributed by atoms with Crippen LogP contribution in [-0.4, -0.2) is 28.8 Å². The molecule has 1 aromatic heterocycles.